The molecule has 0 spiro atoms. The van der Waals surface area contributed by atoms with E-state index < -0.39 is 12.1 Å². The molecular weight excluding hydrogens is 258 g/mol. The lowest BCUT2D eigenvalue weighted by molar-refractivity contribution is -0.144. The molecule has 0 aliphatic carbocycles. The molecule has 1 aromatic carbocycles. The zero-order chi connectivity index (χ0) is 14.1. The number of aliphatic carboxylic acids is 1. The number of hydrogen-bond donors (Lipinski definition) is 1. The number of hydrogen-bond acceptors (Lipinski definition) is 4. The van der Waals surface area contributed by atoms with E-state index in [9.17, 15) is 4.79 Å². The van der Waals surface area contributed by atoms with E-state index in [1.807, 2.05) is 25.1 Å². The van der Waals surface area contributed by atoms with Crippen molar-refractivity contribution >= 4 is 5.97 Å². The van der Waals surface area contributed by atoms with Crippen LogP contribution in [-0.2, 0) is 11.2 Å². The lowest BCUT2D eigenvalue weighted by Gasteiger charge is -2.08. The molecule has 0 bridgehead atoms. The summed E-state index contributed by atoms with van der Waals surface area (Å²) >= 11 is 0. The summed E-state index contributed by atoms with van der Waals surface area (Å²) in [6, 6.07) is 9.07. The highest BCUT2D eigenvalue weighted by Gasteiger charge is 2.29. The number of pyridine rings is 1. The topological polar surface area (TPSA) is 68.7 Å². The van der Waals surface area contributed by atoms with Crippen molar-refractivity contribution in [3.63, 3.8) is 0 Å². The number of nitrogens with zero attached hydrogens (tertiary/aromatic N) is 1. The van der Waals surface area contributed by atoms with Crippen LogP contribution < -0.4 is 9.47 Å². The quantitative estimate of drug-likeness (QED) is 0.929. The van der Waals surface area contributed by atoms with Gasteiger partial charge in [-0.25, -0.2) is 9.78 Å². The monoisotopic (exact) mass is 271 g/mol. The Balaban J connectivity index is 1.83. The number of aryl methyl sites for hydroxylation is 1. The normalized spacial score (nSPS) is 16.4. The van der Waals surface area contributed by atoms with E-state index >= 15 is 0 Å². The number of carboxylic acid groups (broad SMARTS) is 1. The molecule has 1 aliphatic rings. The molecule has 1 aromatic heterocycles. The maximum Gasteiger partial charge on any atom is 0.345 e. The minimum Gasteiger partial charge on any atom is -0.478 e. The molecule has 102 valence electrons. The predicted molar refractivity (Wildman–Crippen MR) is 71.2 cm³/mol. The van der Waals surface area contributed by atoms with E-state index in [4.69, 9.17) is 14.6 Å². The van der Waals surface area contributed by atoms with Gasteiger partial charge in [-0.1, -0.05) is 12.1 Å². The van der Waals surface area contributed by atoms with Crippen molar-refractivity contribution in [1.82, 2.24) is 4.98 Å². The molecule has 20 heavy (non-hydrogen) atoms. The Morgan fingerprint density at radius 3 is 3.05 bits per heavy atom. The van der Waals surface area contributed by atoms with Crippen LogP contribution in [0.3, 0.4) is 0 Å². The van der Waals surface area contributed by atoms with Gasteiger partial charge in [-0.15, -0.1) is 0 Å². The Bertz CT molecular complexity index is 669. The molecule has 1 unspecified atom stereocenters. The number of carboxylic acids is 1. The molecule has 3 rings (SSSR count). The van der Waals surface area contributed by atoms with Crippen LogP contribution in [0.2, 0.25) is 0 Å². The molecule has 1 atom stereocenters. The maximum atomic E-state index is 10.9. The molecule has 2 heterocycles. The number of benzene rings is 1. The first-order valence-corrected chi connectivity index (χ1v) is 6.25. The van der Waals surface area contributed by atoms with Crippen molar-refractivity contribution in [2.75, 3.05) is 0 Å². The summed E-state index contributed by atoms with van der Waals surface area (Å²) in [5, 5.41) is 8.96. The molecule has 0 saturated heterocycles. The standard InChI is InChI=1S/C15H13NO4/c1-9-3-2-6-16-14(9)19-11-5-4-10-7-13(15(17)18)20-12(10)8-11/h2-6,8,13H,7H2,1H3,(H,17,18). The van der Waals surface area contributed by atoms with Gasteiger partial charge in [-0.3, -0.25) is 0 Å². The molecule has 1 aliphatic heterocycles. The van der Waals surface area contributed by atoms with Crippen molar-refractivity contribution in [1.29, 1.82) is 0 Å². The van der Waals surface area contributed by atoms with Crippen LogP contribution in [0.25, 0.3) is 0 Å². The minimum absolute atomic E-state index is 0.383. The van der Waals surface area contributed by atoms with Crippen molar-refractivity contribution in [2.24, 2.45) is 0 Å². The highest BCUT2D eigenvalue weighted by Crippen LogP contribution is 2.34. The number of ether oxygens (including phenoxy) is 2. The third kappa shape index (κ3) is 2.30. The van der Waals surface area contributed by atoms with E-state index in [0.29, 0.717) is 23.8 Å². The van der Waals surface area contributed by atoms with Crippen LogP contribution in [0.5, 0.6) is 17.4 Å². The highest BCUT2D eigenvalue weighted by molar-refractivity contribution is 5.74. The summed E-state index contributed by atoms with van der Waals surface area (Å²) in [4.78, 5) is 15.1. The van der Waals surface area contributed by atoms with Gasteiger partial charge in [-0.2, -0.15) is 0 Å². The van der Waals surface area contributed by atoms with Gasteiger partial charge in [0.15, 0.2) is 6.10 Å². The molecule has 1 N–H and O–H groups in total. The van der Waals surface area contributed by atoms with Gasteiger partial charge >= 0.3 is 5.97 Å². The van der Waals surface area contributed by atoms with Crippen LogP contribution in [0.4, 0.5) is 0 Å². The Morgan fingerprint density at radius 2 is 2.30 bits per heavy atom. The molecule has 0 fully saturated rings. The minimum atomic E-state index is -0.954. The molecule has 0 radical (unpaired) electrons. The first-order valence-electron chi connectivity index (χ1n) is 6.25. The molecular formula is C15H13NO4. The lowest BCUT2D eigenvalue weighted by Crippen LogP contribution is -2.24. The third-order valence-corrected chi connectivity index (χ3v) is 3.16. The van der Waals surface area contributed by atoms with E-state index in [1.54, 1.807) is 18.3 Å². The van der Waals surface area contributed by atoms with E-state index in [-0.39, 0.29) is 0 Å². The molecule has 2 aromatic rings. The molecule has 0 saturated carbocycles. The summed E-state index contributed by atoms with van der Waals surface area (Å²) in [6.45, 7) is 1.91. The fourth-order valence-electron chi connectivity index (χ4n) is 2.10. The van der Waals surface area contributed by atoms with Crippen LogP contribution >= 0.6 is 0 Å². The smallest absolute Gasteiger partial charge is 0.345 e. The molecule has 5 nitrogen and oxygen atoms in total. The Morgan fingerprint density at radius 1 is 1.45 bits per heavy atom. The first-order chi connectivity index (χ1) is 9.63. The molecule has 5 heteroatoms. The zero-order valence-electron chi connectivity index (χ0n) is 10.9. The maximum absolute atomic E-state index is 10.9. The van der Waals surface area contributed by atoms with Gasteiger partial charge in [0.2, 0.25) is 5.88 Å². The summed E-state index contributed by atoms with van der Waals surface area (Å²) in [6.07, 6.45) is 1.23. The highest BCUT2D eigenvalue weighted by atomic mass is 16.5. The fourth-order valence-corrected chi connectivity index (χ4v) is 2.10. The fraction of sp³-hybridized carbons (Fsp3) is 0.200. The van der Waals surface area contributed by atoms with E-state index in [1.165, 1.54) is 0 Å². The van der Waals surface area contributed by atoms with Crippen molar-refractivity contribution in [3.8, 4) is 17.4 Å². The van der Waals surface area contributed by atoms with Crippen molar-refractivity contribution in [2.45, 2.75) is 19.4 Å². The van der Waals surface area contributed by atoms with Crippen LogP contribution in [-0.4, -0.2) is 22.2 Å². The lowest BCUT2D eigenvalue weighted by atomic mass is 10.1. The summed E-state index contributed by atoms with van der Waals surface area (Å²) < 4.78 is 11.1. The molecule has 0 amide bonds. The summed E-state index contributed by atoms with van der Waals surface area (Å²) in [5.41, 5.74) is 1.81. The number of rotatable bonds is 3. The average Bonchev–Trinajstić information content (AvgIpc) is 2.85. The van der Waals surface area contributed by atoms with Gasteiger partial charge in [0.25, 0.3) is 0 Å². The Labute approximate surface area is 115 Å². The van der Waals surface area contributed by atoms with E-state index in [2.05, 4.69) is 4.98 Å². The van der Waals surface area contributed by atoms with Crippen LogP contribution in [0.15, 0.2) is 36.5 Å². The number of aromatic nitrogens is 1. The van der Waals surface area contributed by atoms with Gasteiger partial charge in [0, 0.05) is 24.2 Å². The Hall–Kier alpha value is -2.56. The van der Waals surface area contributed by atoms with Crippen LogP contribution in [0, 0.1) is 6.92 Å². The van der Waals surface area contributed by atoms with Gasteiger partial charge < -0.3 is 14.6 Å². The van der Waals surface area contributed by atoms with Crippen molar-refractivity contribution < 1.29 is 19.4 Å². The summed E-state index contributed by atoms with van der Waals surface area (Å²) in [7, 11) is 0. The van der Waals surface area contributed by atoms with Crippen LogP contribution in [0.1, 0.15) is 11.1 Å². The van der Waals surface area contributed by atoms with E-state index in [0.717, 1.165) is 11.1 Å². The first kappa shape index (κ1) is 12.5. The summed E-state index contributed by atoms with van der Waals surface area (Å²) in [5.74, 6) is 0.713. The second-order valence-electron chi connectivity index (χ2n) is 4.65. The average molecular weight is 271 g/mol. The van der Waals surface area contributed by atoms with Gasteiger partial charge in [0.1, 0.15) is 11.5 Å². The largest absolute Gasteiger partial charge is 0.478 e. The number of carbonyl (C=O) groups is 1. The SMILES string of the molecule is Cc1cccnc1Oc1ccc2c(c1)OC(C(=O)O)C2. The van der Waals surface area contributed by atoms with Crippen molar-refractivity contribution in [3.05, 3.63) is 47.7 Å². The van der Waals surface area contributed by atoms with Gasteiger partial charge in [0.05, 0.1) is 0 Å². The predicted octanol–water partition coefficient (Wildman–Crippen LogP) is 2.57. The second-order valence-corrected chi connectivity index (χ2v) is 4.65. The third-order valence-electron chi connectivity index (χ3n) is 3.16. The van der Waals surface area contributed by atoms with Gasteiger partial charge in [-0.05, 0) is 24.6 Å². The second kappa shape index (κ2) is 4.85. The Kier molecular flexibility index (Phi) is 3.02. The number of fused-ring (bicyclic) bond motifs is 1. The zero-order valence-corrected chi connectivity index (χ0v) is 10.9.